The van der Waals surface area contributed by atoms with Crippen LogP contribution in [0.2, 0.25) is 0 Å². The van der Waals surface area contributed by atoms with Crippen molar-refractivity contribution < 1.29 is 29.4 Å². The Morgan fingerprint density at radius 2 is 1.35 bits per heavy atom. The molecule has 7 nitrogen and oxygen atoms in total. The van der Waals surface area contributed by atoms with Gasteiger partial charge in [0.1, 0.15) is 6.04 Å². The highest BCUT2D eigenvalue weighted by Gasteiger charge is 2.21. The number of ketones is 1. The molecule has 0 aliphatic rings. The molecule has 0 saturated heterocycles. The standard InChI is InChI=1S/C19H17NO6/c21-16(22)11-10-15(19(25)26)20-18(24)14-8-6-13(7-9-14)17(23)12-4-2-1-3-5-12/h1-9,15H,10-11H2,(H,20,24)(H,21,22)(H,25,26)/t15-/m0/s1. The first-order valence-corrected chi connectivity index (χ1v) is 7.83. The average Bonchev–Trinajstić information content (AvgIpc) is 2.64. The first-order chi connectivity index (χ1) is 12.4. The first kappa shape index (κ1) is 18.9. The van der Waals surface area contributed by atoms with Crippen LogP contribution in [0.3, 0.4) is 0 Å². The number of rotatable bonds is 8. The maximum atomic E-state index is 12.3. The van der Waals surface area contributed by atoms with E-state index in [9.17, 15) is 19.2 Å². The highest BCUT2D eigenvalue weighted by Crippen LogP contribution is 2.11. The normalized spacial score (nSPS) is 11.4. The van der Waals surface area contributed by atoms with Gasteiger partial charge in [-0.25, -0.2) is 4.79 Å². The molecule has 2 aromatic rings. The molecule has 134 valence electrons. The summed E-state index contributed by atoms with van der Waals surface area (Å²) in [4.78, 5) is 46.1. The minimum Gasteiger partial charge on any atom is -0.481 e. The molecule has 1 atom stereocenters. The van der Waals surface area contributed by atoms with Gasteiger partial charge in [0.25, 0.3) is 5.91 Å². The Labute approximate surface area is 149 Å². The number of aliphatic carboxylic acids is 2. The molecule has 0 aliphatic carbocycles. The third-order valence-corrected chi connectivity index (χ3v) is 3.70. The molecule has 0 saturated carbocycles. The fourth-order valence-electron chi connectivity index (χ4n) is 2.30. The van der Waals surface area contributed by atoms with Gasteiger partial charge in [-0.05, 0) is 18.6 Å². The van der Waals surface area contributed by atoms with Crippen LogP contribution in [-0.4, -0.2) is 39.9 Å². The summed E-state index contributed by atoms with van der Waals surface area (Å²) in [5, 5.41) is 20.0. The molecule has 1 amide bonds. The van der Waals surface area contributed by atoms with Crippen molar-refractivity contribution in [2.24, 2.45) is 0 Å². The highest BCUT2D eigenvalue weighted by molar-refractivity contribution is 6.09. The topological polar surface area (TPSA) is 121 Å². The van der Waals surface area contributed by atoms with Gasteiger partial charge in [0, 0.05) is 23.1 Å². The number of carbonyl (C=O) groups is 4. The minimum absolute atomic E-state index is 0.177. The summed E-state index contributed by atoms with van der Waals surface area (Å²) < 4.78 is 0. The van der Waals surface area contributed by atoms with Crippen molar-refractivity contribution >= 4 is 23.6 Å². The summed E-state index contributed by atoms with van der Waals surface area (Å²) in [6, 6.07) is 13.2. The van der Waals surface area contributed by atoms with E-state index < -0.39 is 23.9 Å². The van der Waals surface area contributed by atoms with E-state index in [1.165, 1.54) is 24.3 Å². The van der Waals surface area contributed by atoms with Crippen molar-refractivity contribution in [1.29, 1.82) is 0 Å². The molecule has 7 heteroatoms. The fourth-order valence-corrected chi connectivity index (χ4v) is 2.30. The van der Waals surface area contributed by atoms with E-state index in [0.29, 0.717) is 11.1 Å². The van der Waals surface area contributed by atoms with Crippen molar-refractivity contribution in [3.05, 3.63) is 71.3 Å². The Hall–Kier alpha value is -3.48. The molecule has 0 fully saturated rings. The molecule has 26 heavy (non-hydrogen) atoms. The predicted molar refractivity (Wildman–Crippen MR) is 92.1 cm³/mol. The summed E-state index contributed by atoms with van der Waals surface area (Å²) in [6.45, 7) is 0. The number of carbonyl (C=O) groups excluding carboxylic acids is 2. The van der Waals surface area contributed by atoms with Gasteiger partial charge in [-0.2, -0.15) is 0 Å². The molecule has 2 rings (SSSR count). The Morgan fingerprint density at radius 3 is 1.88 bits per heavy atom. The Kier molecular flexibility index (Phi) is 6.21. The lowest BCUT2D eigenvalue weighted by atomic mass is 10.0. The van der Waals surface area contributed by atoms with Gasteiger partial charge in [0.05, 0.1) is 0 Å². The number of nitrogens with one attached hydrogen (secondary N) is 1. The van der Waals surface area contributed by atoms with Crippen LogP contribution in [0, 0.1) is 0 Å². The predicted octanol–water partition coefficient (Wildman–Crippen LogP) is 1.97. The minimum atomic E-state index is -1.31. The summed E-state index contributed by atoms with van der Waals surface area (Å²) >= 11 is 0. The van der Waals surface area contributed by atoms with Gasteiger partial charge < -0.3 is 15.5 Å². The smallest absolute Gasteiger partial charge is 0.326 e. The molecule has 0 bridgehead atoms. The summed E-state index contributed by atoms with van der Waals surface area (Å²) in [7, 11) is 0. The van der Waals surface area contributed by atoms with Crippen LogP contribution in [-0.2, 0) is 9.59 Å². The molecule has 0 aromatic heterocycles. The van der Waals surface area contributed by atoms with Crippen molar-refractivity contribution in [2.75, 3.05) is 0 Å². The van der Waals surface area contributed by atoms with E-state index in [1.54, 1.807) is 30.3 Å². The van der Waals surface area contributed by atoms with Gasteiger partial charge in [-0.15, -0.1) is 0 Å². The first-order valence-electron chi connectivity index (χ1n) is 7.83. The number of carboxylic acids is 2. The van der Waals surface area contributed by atoms with Crippen molar-refractivity contribution in [3.8, 4) is 0 Å². The Bertz CT molecular complexity index is 814. The third-order valence-electron chi connectivity index (χ3n) is 3.70. The van der Waals surface area contributed by atoms with Crippen LogP contribution in [0.15, 0.2) is 54.6 Å². The second-order valence-electron chi connectivity index (χ2n) is 5.57. The monoisotopic (exact) mass is 355 g/mol. The van der Waals surface area contributed by atoms with Crippen LogP contribution in [0.4, 0.5) is 0 Å². The highest BCUT2D eigenvalue weighted by atomic mass is 16.4. The van der Waals surface area contributed by atoms with Gasteiger partial charge in [-0.3, -0.25) is 14.4 Å². The van der Waals surface area contributed by atoms with Crippen LogP contribution >= 0.6 is 0 Å². The van der Waals surface area contributed by atoms with E-state index in [-0.39, 0.29) is 24.2 Å². The summed E-state index contributed by atoms with van der Waals surface area (Å²) in [5.74, 6) is -3.30. The molecule has 0 unspecified atom stereocenters. The molecule has 0 aliphatic heterocycles. The lowest BCUT2D eigenvalue weighted by Crippen LogP contribution is -2.41. The quantitative estimate of drug-likeness (QED) is 0.623. The Morgan fingerprint density at radius 1 is 0.808 bits per heavy atom. The van der Waals surface area contributed by atoms with Crippen LogP contribution < -0.4 is 5.32 Å². The van der Waals surface area contributed by atoms with Crippen molar-refractivity contribution in [2.45, 2.75) is 18.9 Å². The molecular weight excluding hydrogens is 338 g/mol. The van der Waals surface area contributed by atoms with Crippen molar-refractivity contribution in [1.82, 2.24) is 5.32 Å². The molecule has 0 spiro atoms. The van der Waals surface area contributed by atoms with Gasteiger partial charge in [0.15, 0.2) is 5.78 Å². The molecule has 0 radical (unpaired) electrons. The van der Waals surface area contributed by atoms with E-state index in [2.05, 4.69) is 5.32 Å². The second kappa shape index (κ2) is 8.57. The lowest BCUT2D eigenvalue weighted by molar-refractivity contribution is -0.140. The SMILES string of the molecule is O=C(O)CC[C@H](NC(=O)c1ccc(C(=O)c2ccccc2)cc1)C(=O)O. The fraction of sp³-hybridized carbons (Fsp3) is 0.158. The number of carboxylic acid groups (broad SMARTS) is 2. The number of hydrogen-bond acceptors (Lipinski definition) is 4. The van der Waals surface area contributed by atoms with E-state index >= 15 is 0 Å². The van der Waals surface area contributed by atoms with E-state index in [4.69, 9.17) is 10.2 Å². The van der Waals surface area contributed by atoms with Crippen LogP contribution in [0.5, 0.6) is 0 Å². The maximum absolute atomic E-state index is 12.3. The second-order valence-corrected chi connectivity index (χ2v) is 5.57. The van der Waals surface area contributed by atoms with Gasteiger partial charge >= 0.3 is 11.9 Å². The van der Waals surface area contributed by atoms with Crippen molar-refractivity contribution in [3.63, 3.8) is 0 Å². The summed E-state index contributed by atoms with van der Waals surface area (Å²) in [5.41, 5.74) is 1.09. The van der Waals surface area contributed by atoms with E-state index in [0.717, 1.165) is 0 Å². The van der Waals surface area contributed by atoms with E-state index in [1.807, 2.05) is 0 Å². The largest absolute Gasteiger partial charge is 0.481 e. The van der Waals surface area contributed by atoms with Gasteiger partial charge in [0.2, 0.25) is 0 Å². The van der Waals surface area contributed by atoms with Crippen LogP contribution in [0.1, 0.15) is 39.1 Å². The molecule has 3 N–H and O–H groups in total. The maximum Gasteiger partial charge on any atom is 0.326 e. The third kappa shape index (κ3) is 5.01. The lowest BCUT2D eigenvalue weighted by Gasteiger charge is -2.13. The number of hydrogen-bond donors (Lipinski definition) is 3. The zero-order valence-corrected chi connectivity index (χ0v) is 13.7. The average molecular weight is 355 g/mol. The zero-order chi connectivity index (χ0) is 19.1. The summed E-state index contributed by atoms with van der Waals surface area (Å²) in [6.07, 6.45) is -0.594. The molecule has 2 aromatic carbocycles. The number of amides is 1. The number of benzene rings is 2. The van der Waals surface area contributed by atoms with Crippen LogP contribution in [0.25, 0.3) is 0 Å². The Balaban J connectivity index is 2.07. The van der Waals surface area contributed by atoms with Gasteiger partial charge in [-0.1, -0.05) is 42.5 Å². The zero-order valence-electron chi connectivity index (χ0n) is 13.7. The molecule has 0 heterocycles. The molecular formula is C19H17NO6.